The van der Waals surface area contributed by atoms with Crippen molar-refractivity contribution < 1.29 is 14.3 Å². The lowest BCUT2D eigenvalue weighted by Gasteiger charge is -2.29. The van der Waals surface area contributed by atoms with E-state index >= 15 is 0 Å². The third-order valence-electron chi connectivity index (χ3n) is 2.34. The molecule has 4 nitrogen and oxygen atoms in total. The molecule has 0 unspecified atom stereocenters. The summed E-state index contributed by atoms with van der Waals surface area (Å²) in [4.78, 5) is 13.2. The average molecular weight is 201 g/mol. The van der Waals surface area contributed by atoms with Crippen LogP contribution in [0.15, 0.2) is 0 Å². The maximum Gasteiger partial charge on any atom is 0.412 e. The van der Waals surface area contributed by atoms with E-state index in [1.165, 1.54) is 4.90 Å². The Morgan fingerprint density at radius 2 is 1.86 bits per heavy atom. The number of carbonyl (C=O) groups is 1. The van der Waals surface area contributed by atoms with Gasteiger partial charge < -0.3 is 9.47 Å². The van der Waals surface area contributed by atoms with E-state index in [2.05, 4.69) is 0 Å². The quantitative estimate of drug-likeness (QED) is 0.641. The Bertz CT molecular complexity index is 228. The van der Waals surface area contributed by atoms with Gasteiger partial charge >= 0.3 is 6.09 Å². The Balaban J connectivity index is 2.53. The number of ether oxygens (including phenoxy) is 2. The fourth-order valence-electron chi connectivity index (χ4n) is 1.28. The topological polar surface area (TPSA) is 38.8 Å². The lowest BCUT2D eigenvalue weighted by Crippen LogP contribution is -2.43. The van der Waals surface area contributed by atoms with Crippen LogP contribution in [-0.2, 0) is 9.47 Å². The summed E-state index contributed by atoms with van der Waals surface area (Å²) in [5.41, 5.74) is -0.850. The van der Waals surface area contributed by atoms with E-state index < -0.39 is 11.3 Å². The first-order valence-electron chi connectivity index (χ1n) is 4.83. The molecule has 0 aliphatic heterocycles. The summed E-state index contributed by atoms with van der Waals surface area (Å²) >= 11 is 0. The standard InChI is InChI=1S/C10H19NO3/c1-9(2,3)14-8(12)11(4)10(13-5)6-7-10/h6-7H2,1-5H3. The second-order valence-electron chi connectivity index (χ2n) is 4.69. The maximum atomic E-state index is 11.6. The molecule has 0 bridgehead atoms. The lowest BCUT2D eigenvalue weighted by atomic mass is 10.2. The first kappa shape index (κ1) is 11.3. The van der Waals surface area contributed by atoms with Crippen molar-refractivity contribution in [3.8, 4) is 0 Å². The van der Waals surface area contributed by atoms with Crippen LogP contribution in [0, 0.1) is 0 Å². The van der Waals surface area contributed by atoms with Crippen molar-refractivity contribution in [1.82, 2.24) is 4.90 Å². The Morgan fingerprint density at radius 1 is 1.36 bits per heavy atom. The lowest BCUT2D eigenvalue weighted by molar-refractivity contribution is -0.0553. The van der Waals surface area contributed by atoms with Crippen molar-refractivity contribution in [3.63, 3.8) is 0 Å². The van der Waals surface area contributed by atoms with Gasteiger partial charge in [-0.25, -0.2) is 4.79 Å². The van der Waals surface area contributed by atoms with Crippen LogP contribution in [0.4, 0.5) is 4.79 Å². The third kappa shape index (κ3) is 2.38. The van der Waals surface area contributed by atoms with Gasteiger partial charge in [-0.3, -0.25) is 4.90 Å². The van der Waals surface area contributed by atoms with Crippen LogP contribution in [0.2, 0.25) is 0 Å². The van der Waals surface area contributed by atoms with Crippen molar-refractivity contribution in [2.45, 2.75) is 44.9 Å². The van der Waals surface area contributed by atoms with Crippen LogP contribution >= 0.6 is 0 Å². The Morgan fingerprint density at radius 3 is 2.14 bits per heavy atom. The maximum absolute atomic E-state index is 11.6. The van der Waals surface area contributed by atoms with Gasteiger partial charge in [-0.1, -0.05) is 0 Å². The summed E-state index contributed by atoms with van der Waals surface area (Å²) in [6.07, 6.45) is 1.45. The number of methoxy groups -OCH3 is 1. The summed E-state index contributed by atoms with van der Waals surface area (Å²) in [7, 11) is 3.33. The van der Waals surface area contributed by atoms with Gasteiger partial charge in [-0.2, -0.15) is 0 Å². The summed E-state index contributed by atoms with van der Waals surface area (Å²) < 4.78 is 10.5. The van der Waals surface area contributed by atoms with Crippen LogP contribution in [0.25, 0.3) is 0 Å². The predicted molar refractivity (Wildman–Crippen MR) is 53.0 cm³/mol. The molecule has 0 saturated heterocycles. The van der Waals surface area contributed by atoms with Crippen molar-refractivity contribution in [3.05, 3.63) is 0 Å². The van der Waals surface area contributed by atoms with Gasteiger partial charge in [0.1, 0.15) is 11.3 Å². The van der Waals surface area contributed by atoms with Crippen molar-refractivity contribution in [1.29, 1.82) is 0 Å². The van der Waals surface area contributed by atoms with Crippen LogP contribution in [0.1, 0.15) is 33.6 Å². The molecule has 4 heteroatoms. The SMILES string of the molecule is COC1(N(C)C(=O)OC(C)(C)C)CC1. The molecule has 1 fully saturated rings. The number of carbonyl (C=O) groups excluding carboxylic acids is 1. The predicted octanol–water partition coefficient (Wildman–Crippen LogP) is 1.99. The minimum atomic E-state index is -0.449. The monoisotopic (exact) mass is 201 g/mol. The van der Waals surface area contributed by atoms with E-state index in [-0.39, 0.29) is 6.09 Å². The molecule has 0 aromatic heterocycles. The van der Waals surface area contributed by atoms with Gasteiger partial charge in [0.15, 0.2) is 0 Å². The molecule has 1 amide bonds. The largest absolute Gasteiger partial charge is 0.444 e. The molecular weight excluding hydrogens is 182 g/mol. The number of hydrogen-bond acceptors (Lipinski definition) is 3. The molecule has 0 spiro atoms. The first-order chi connectivity index (χ1) is 6.31. The molecule has 0 heterocycles. The molecule has 1 aliphatic carbocycles. The molecule has 0 aromatic rings. The highest BCUT2D eigenvalue weighted by molar-refractivity contribution is 5.69. The fraction of sp³-hybridized carbons (Fsp3) is 0.900. The van der Waals surface area contributed by atoms with Gasteiger partial charge in [0.05, 0.1) is 0 Å². The van der Waals surface area contributed by atoms with Gasteiger partial charge in [0.25, 0.3) is 0 Å². The summed E-state index contributed by atoms with van der Waals surface area (Å²) in [6, 6.07) is 0. The summed E-state index contributed by atoms with van der Waals surface area (Å²) in [6.45, 7) is 5.56. The highest BCUT2D eigenvalue weighted by atomic mass is 16.6. The summed E-state index contributed by atoms with van der Waals surface area (Å²) in [5.74, 6) is 0. The highest BCUT2D eigenvalue weighted by Gasteiger charge is 2.50. The molecular formula is C10H19NO3. The van der Waals surface area contributed by atoms with E-state index in [0.717, 1.165) is 12.8 Å². The smallest absolute Gasteiger partial charge is 0.412 e. The van der Waals surface area contributed by atoms with Crippen LogP contribution in [-0.4, -0.2) is 36.5 Å². The Labute approximate surface area is 85.2 Å². The molecule has 82 valence electrons. The van der Waals surface area contributed by atoms with E-state index in [1.807, 2.05) is 20.8 Å². The molecule has 0 aromatic carbocycles. The second-order valence-corrected chi connectivity index (χ2v) is 4.69. The van der Waals surface area contributed by atoms with Crippen LogP contribution < -0.4 is 0 Å². The second kappa shape index (κ2) is 3.42. The minimum Gasteiger partial charge on any atom is -0.444 e. The average Bonchev–Trinajstić information content (AvgIpc) is 2.80. The van der Waals surface area contributed by atoms with Gasteiger partial charge in [-0.05, 0) is 33.6 Å². The van der Waals surface area contributed by atoms with Crippen molar-refractivity contribution >= 4 is 6.09 Å². The number of nitrogens with zero attached hydrogens (tertiary/aromatic N) is 1. The number of amides is 1. The van der Waals surface area contributed by atoms with E-state index in [9.17, 15) is 4.79 Å². The molecule has 0 radical (unpaired) electrons. The van der Waals surface area contributed by atoms with Gasteiger partial charge in [-0.15, -0.1) is 0 Å². The zero-order valence-corrected chi connectivity index (χ0v) is 9.59. The third-order valence-corrected chi connectivity index (χ3v) is 2.34. The number of rotatable bonds is 2. The highest BCUT2D eigenvalue weighted by Crippen LogP contribution is 2.41. The molecule has 1 saturated carbocycles. The Hall–Kier alpha value is -0.770. The van der Waals surface area contributed by atoms with E-state index in [4.69, 9.17) is 9.47 Å². The van der Waals surface area contributed by atoms with Gasteiger partial charge in [0.2, 0.25) is 0 Å². The molecule has 14 heavy (non-hydrogen) atoms. The van der Waals surface area contributed by atoms with E-state index in [1.54, 1.807) is 14.2 Å². The normalized spacial score (nSPS) is 18.9. The molecule has 0 atom stereocenters. The first-order valence-corrected chi connectivity index (χ1v) is 4.83. The zero-order valence-electron chi connectivity index (χ0n) is 9.59. The molecule has 1 rings (SSSR count). The Kier molecular flexibility index (Phi) is 2.76. The van der Waals surface area contributed by atoms with Crippen LogP contribution in [0.3, 0.4) is 0 Å². The minimum absolute atomic E-state index is 0.322. The summed E-state index contributed by atoms with van der Waals surface area (Å²) in [5, 5.41) is 0. The fourth-order valence-corrected chi connectivity index (χ4v) is 1.28. The van der Waals surface area contributed by atoms with Crippen molar-refractivity contribution in [2.75, 3.05) is 14.2 Å². The zero-order chi connectivity index (χ0) is 11.0. The van der Waals surface area contributed by atoms with Gasteiger partial charge in [0, 0.05) is 14.2 Å². The number of hydrogen-bond donors (Lipinski definition) is 0. The molecule has 0 N–H and O–H groups in total. The molecule has 1 aliphatic rings. The van der Waals surface area contributed by atoms with E-state index in [0.29, 0.717) is 0 Å². The van der Waals surface area contributed by atoms with Crippen molar-refractivity contribution in [2.24, 2.45) is 0 Å². The van der Waals surface area contributed by atoms with Crippen LogP contribution in [0.5, 0.6) is 0 Å².